The molecule has 0 amide bonds. The Bertz CT molecular complexity index is 474. The Kier molecular flexibility index (Phi) is 4.49. The Hall–Kier alpha value is -0.463. The molecule has 108 valence electrons. The van der Waals surface area contributed by atoms with Gasteiger partial charge in [0.15, 0.2) is 0 Å². The highest BCUT2D eigenvalue weighted by molar-refractivity contribution is 6.78. The van der Waals surface area contributed by atoms with Gasteiger partial charge < -0.3 is 4.74 Å². The molecule has 0 fully saturated rings. The first-order chi connectivity index (χ1) is 8.38. The molecule has 0 aliphatic heterocycles. The second-order valence-corrected chi connectivity index (χ2v) is 11.0. The molecule has 0 aliphatic carbocycles. The third kappa shape index (κ3) is 3.35. The van der Waals surface area contributed by atoms with Crippen LogP contribution in [-0.4, -0.2) is 19.7 Å². The van der Waals surface area contributed by atoms with Gasteiger partial charge in [0, 0.05) is 5.02 Å². The molecule has 1 aromatic rings. The summed E-state index contributed by atoms with van der Waals surface area (Å²) in [4.78, 5) is 0. The number of hydrogen-bond donors (Lipinski definition) is 0. The van der Waals surface area contributed by atoms with E-state index in [1.807, 2.05) is 0 Å². The van der Waals surface area contributed by atoms with Gasteiger partial charge in [-0.15, -0.1) is 0 Å². The highest BCUT2D eigenvalue weighted by atomic mass is 35.5. The number of alkyl halides is 4. The smallest absolute Gasteiger partial charge is 0.427 e. The maximum absolute atomic E-state index is 13.7. The predicted octanol–water partition coefficient (Wildman–Crippen LogP) is 5.48. The summed E-state index contributed by atoms with van der Waals surface area (Å²) in [5.41, 5.74) is -4.23. The lowest BCUT2D eigenvalue weighted by molar-refractivity contribution is -0.278. The summed E-state index contributed by atoms with van der Waals surface area (Å²) >= 11 is 11.2. The van der Waals surface area contributed by atoms with Crippen LogP contribution in [-0.2, 0) is 0 Å². The van der Waals surface area contributed by atoms with Crippen molar-refractivity contribution in [2.45, 2.75) is 31.3 Å². The Labute approximate surface area is 119 Å². The first-order valence-electron chi connectivity index (χ1n) is 5.28. The SMILES string of the molecule is C[Si](C)(C)C(F)(F)C(F)(F)Oc1ccc(Cl)cc1Cl. The third-order valence-corrected chi connectivity index (χ3v) is 5.14. The van der Waals surface area contributed by atoms with Gasteiger partial charge >= 0.3 is 11.7 Å². The van der Waals surface area contributed by atoms with Gasteiger partial charge in [0.05, 0.1) is 5.02 Å². The number of halogens is 6. The molecule has 0 aliphatic rings. The predicted molar refractivity (Wildman–Crippen MR) is 70.3 cm³/mol. The van der Waals surface area contributed by atoms with Crippen LogP contribution in [0.5, 0.6) is 5.75 Å². The van der Waals surface area contributed by atoms with Gasteiger partial charge in [-0.1, -0.05) is 42.8 Å². The molecule has 0 heterocycles. The van der Waals surface area contributed by atoms with Crippen molar-refractivity contribution in [3.63, 3.8) is 0 Å². The van der Waals surface area contributed by atoms with E-state index >= 15 is 0 Å². The molecule has 0 spiro atoms. The summed E-state index contributed by atoms with van der Waals surface area (Å²) in [5, 5.41) is -0.0591. The van der Waals surface area contributed by atoms with E-state index in [9.17, 15) is 17.6 Å². The van der Waals surface area contributed by atoms with Crippen molar-refractivity contribution in [1.29, 1.82) is 0 Å². The van der Waals surface area contributed by atoms with Crippen LogP contribution in [0.25, 0.3) is 0 Å². The van der Waals surface area contributed by atoms with E-state index in [4.69, 9.17) is 23.2 Å². The van der Waals surface area contributed by atoms with Crippen molar-refractivity contribution in [2.75, 3.05) is 0 Å². The molecule has 0 aromatic heterocycles. The standard InChI is InChI=1S/C11H12Cl2F4OSi/c1-19(2,3)11(16,17)10(14,15)18-9-5-4-7(12)6-8(9)13/h4-6H,1-3H3. The molecule has 0 saturated heterocycles. The molecule has 0 unspecified atom stereocenters. The van der Waals surface area contributed by atoms with Crippen LogP contribution in [0.3, 0.4) is 0 Å². The van der Waals surface area contributed by atoms with E-state index in [0.717, 1.165) is 31.8 Å². The summed E-state index contributed by atoms with van der Waals surface area (Å²) in [5.74, 6) is -0.533. The van der Waals surface area contributed by atoms with Gasteiger partial charge in [0.25, 0.3) is 0 Å². The molecule has 1 nitrogen and oxygen atoms in total. The fraction of sp³-hybridized carbons (Fsp3) is 0.455. The molecular formula is C11H12Cl2F4OSi. The van der Waals surface area contributed by atoms with E-state index in [2.05, 4.69) is 4.74 Å². The van der Waals surface area contributed by atoms with E-state index in [1.165, 1.54) is 6.07 Å². The maximum Gasteiger partial charge on any atom is 0.459 e. The minimum Gasteiger partial charge on any atom is -0.427 e. The normalized spacial score (nSPS) is 13.5. The summed E-state index contributed by atoms with van der Waals surface area (Å²) in [6.45, 7) is 3.40. The Morgan fingerprint density at radius 2 is 1.58 bits per heavy atom. The molecule has 0 radical (unpaired) electrons. The zero-order chi connectivity index (χ0) is 15.1. The van der Waals surface area contributed by atoms with Crippen LogP contribution in [0.2, 0.25) is 29.7 Å². The van der Waals surface area contributed by atoms with Crippen LogP contribution >= 0.6 is 23.2 Å². The van der Waals surface area contributed by atoms with Crippen LogP contribution < -0.4 is 4.74 Å². The molecule has 1 rings (SSSR count). The lowest BCUT2D eigenvalue weighted by Crippen LogP contribution is -2.59. The minimum absolute atomic E-state index is 0.192. The van der Waals surface area contributed by atoms with Crippen LogP contribution in [0.4, 0.5) is 17.6 Å². The van der Waals surface area contributed by atoms with Gasteiger partial charge in [-0.05, 0) is 18.2 Å². The monoisotopic (exact) mass is 334 g/mol. The summed E-state index contributed by atoms with van der Waals surface area (Å²) in [7, 11) is -3.48. The highest BCUT2D eigenvalue weighted by Gasteiger charge is 2.66. The van der Waals surface area contributed by atoms with Gasteiger partial charge in [0.2, 0.25) is 0 Å². The van der Waals surface area contributed by atoms with Gasteiger partial charge in [-0.2, -0.15) is 8.78 Å². The van der Waals surface area contributed by atoms with E-state index in [0.29, 0.717) is 0 Å². The van der Waals surface area contributed by atoms with Crippen molar-refractivity contribution in [3.8, 4) is 5.75 Å². The molecular weight excluding hydrogens is 323 g/mol. The number of ether oxygens (including phenoxy) is 1. The second-order valence-electron chi connectivity index (χ2n) is 5.02. The minimum atomic E-state index is -4.63. The second kappa shape index (κ2) is 5.14. The van der Waals surface area contributed by atoms with Crippen molar-refractivity contribution >= 4 is 31.3 Å². The van der Waals surface area contributed by atoms with Gasteiger partial charge in [0.1, 0.15) is 13.8 Å². The summed E-state index contributed by atoms with van der Waals surface area (Å²) in [6, 6.07) is 3.39. The number of hydrogen-bond acceptors (Lipinski definition) is 1. The zero-order valence-electron chi connectivity index (χ0n) is 10.4. The molecule has 0 N–H and O–H groups in total. The number of benzene rings is 1. The Morgan fingerprint density at radius 1 is 1.05 bits per heavy atom. The average molecular weight is 335 g/mol. The van der Waals surface area contributed by atoms with Gasteiger partial charge in [-0.3, -0.25) is 0 Å². The Balaban J connectivity index is 3.09. The van der Waals surface area contributed by atoms with Crippen molar-refractivity contribution in [2.24, 2.45) is 0 Å². The topological polar surface area (TPSA) is 9.23 Å². The maximum atomic E-state index is 13.7. The largest absolute Gasteiger partial charge is 0.459 e. The first kappa shape index (κ1) is 16.6. The zero-order valence-corrected chi connectivity index (χ0v) is 12.9. The van der Waals surface area contributed by atoms with Crippen LogP contribution in [0.15, 0.2) is 18.2 Å². The van der Waals surface area contributed by atoms with Crippen LogP contribution in [0.1, 0.15) is 0 Å². The first-order valence-corrected chi connectivity index (χ1v) is 9.54. The third-order valence-electron chi connectivity index (χ3n) is 2.44. The quantitative estimate of drug-likeness (QED) is 0.523. The fourth-order valence-electron chi connectivity index (χ4n) is 1.20. The van der Waals surface area contributed by atoms with E-state index in [-0.39, 0.29) is 10.0 Å². The highest BCUT2D eigenvalue weighted by Crippen LogP contribution is 2.44. The molecule has 1 aromatic carbocycles. The van der Waals surface area contributed by atoms with E-state index < -0.39 is 25.5 Å². The summed E-state index contributed by atoms with van der Waals surface area (Å²) < 4.78 is 58.9. The summed E-state index contributed by atoms with van der Waals surface area (Å²) in [6.07, 6.45) is -4.63. The van der Waals surface area contributed by atoms with Crippen molar-refractivity contribution in [3.05, 3.63) is 28.2 Å². The van der Waals surface area contributed by atoms with Crippen molar-refractivity contribution < 1.29 is 22.3 Å². The molecule has 0 saturated carbocycles. The fourth-order valence-corrected chi connectivity index (χ4v) is 2.57. The molecule has 0 atom stereocenters. The Morgan fingerprint density at radius 3 is 2.00 bits per heavy atom. The van der Waals surface area contributed by atoms with E-state index in [1.54, 1.807) is 0 Å². The van der Waals surface area contributed by atoms with Crippen molar-refractivity contribution in [1.82, 2.24) is 0 Å². The lowest BCUT2D eigenvalue weighted by Gasteiger charge is -2.34. The average Bonchev–Trinajstić information content (AvgIpc) is 2.20. The molecule has 19 heavy (non-hydrogen) atoms. The lowest BCUT2D eigenvalue weighted by atomic mass is 10.3. The molecule has 0 bridgehead atoms. The van der Waals surface area contributed by atoms with Crippen LogP contribution in [0, 0.1) is 0 Å². The van der Waals surface area contributed by atoms with Gasteiger partial charge in [-0.25, -0.2) is 8.78 Å². The molecule has 8 heteroatoms. The number of rotatable bonds is 4.